The van der Waals surface area contributed by atoms with E-state index in [0.717, 1.165) is 11.4 Å². The molecule has 1 aliphatic heterocycles. The Morgan fingerprint density at radius 1 is 0.862 bits per heavy atom. The zero-order valence-corrected chi connectivity index (χ0v) is 15.7. The van der Waals surface area contributed by atoms with Crippen molar-refractivity contribution in [2.24, 2.45) is 5.73 Å². The van der Waals surface area contributed by atoms with Crippen molar-refractivity contribution >= 4 is 35.1 Å². The summed E-state index contributed by atoms with van der Waals surface area (Å²) in [7, 11) is 0. The molecule has 2 aromatic carbocycles. The van der Waals surface area contributed by atoms with Crippen LogP contribution in [0.3, 0.4) is 0 Å². The molecule has 0 aliphatic carbocycles. The summed E-state index contributed by atoms with van der Waals surface area (Å²) in [5.41, 5.74) is 7.35. The van der Waals surface area contributed by atoms with Crippen LogP contribution in [0.2, 0.25) is 0 Å². The first-order valence-electron chi connectivity index (χ1n) is 9.25. The van der Waals surface area contributed by atoms with Crippen molar-refractivity contribution in [1.29, 1.82) is 0 Å². The average Bonchev–Trinajstić information content (AvgIpc) is 2.75. The van der Waals surface area contributed by atoms with Crippen molar-refractivity contribution in [1.82, 2.24) is 15.0 Å². The number of rotatable bonds is 6. The Morgan fingerprint density at radius 3 is 2.03 bits per heavy atom. The van der Waals surface area contributed by atoms with E-state index in [-0.39, 0.29) is 0 Å². The molecular formula is C20H21N7O2. The van der Waals surface area contributed by atoms with Crippen molar-refractivity contribution in [3.63, 3.8) is 0 Å². The zero-order chi connectivity index (χ0) is 20.1. The van der Waals surface area contributed by atoms with Gasteiger partial charge in [-0.05, 0) is 36.4 Å². The lowest BCUT2D eigenvalue weighted by Gasteiger charge is -2.27. The van der Waals surface area contributed by atoms with Crippen molar-refractivity contribution in [3.05, 3.63) is 60.2 Å². The lowest BCUT2D eigenvalue weighted by molar-refractivity contribution is 0.100. The van der Waals surface area contributed by atoms with Crippen LogP contribution in [0.4, 0.5) is 29.2 Å². The number of para-hydroxylation sites is 1. The van der Waals surface area contributed by atoms with E-state index in [0.29, 0.717) is 49.7 Å². The van der Waals surface area contributed by atoms with Gasteiger partial charge < -0.3 is 26.0 Å². The molecule has 1 aliphatic rings. The molecule has 9 nitrogen and oxygen atoms in total. The lowest BCUT2D eigenvalue weighted by Crippen LogP contribution is -2.37. The van der Waals surface area contributed by atoms with Gasteiger partial charge in [-0.2, -0.15) is 15.0 Å². The minimum absolute atomic E-state index is 0.395. The molecule has 29 heavy (non-hydrogen) atoms. The number of amides is 1. The van der Waals surface area contributed by atoms with Gasteiger partial charge >= 0.3 is 0 Å². The van der Waals surface area contributed by atoms with Gasteiger partial charge in [0.15, 0.2) is 0 Å². The number of carbonyl (C=O) groups excluding carboxylic acids is 1. The van der Waals surface area contributed by atoms with E-state index in [1.54, 1.807) is 24.3 Å². The quantitative estimate of drug-likeness (QED) is 0.586. The first-order chi connectivity index (χ1) is 14.2. The highest BCUT2D eigenvalue weighted by Gasteiger charge is 2.17. The molecular weight excluding hydrogens is 370 g/mol. The molecule has 4 N–H and O–H groups in total. The summed E-state index contributed by atoms with van der Waals surface area (Å²) < 4.78 is 5.42. The third-order valence-electron chi connectivity index (χ3n) is 4.37. The predicted molar refractivity (Wildman–Crippen MR) is 111 cm³/mol. The molecule has 1 aromatic heterocycles. The Bertz CT molecular complexity index is 974. The van der Waals surface area contributed by atoms with Gasteiger partial charge in [-0.15, -0.1) is 0 Å². The van der Waals surface area contributed by atoms with Gasteiger partial charge in [-0.3, -0.25) is 4.79 Å². The van der Waals surface area contributed by atoms with E-state index < -0.39 is 5.91 Å². The largest absolute Gasteiger partial charge is 0.378 e. The number of ether oxygens (including phenoxy) is 1. The van der Waals surface area contributed by atoms with Gasteiger partial charge in [-0.1, -0.05) is 18.2 Å². The van der Waals surface area contributed by atoms with Crippen LogP contribution in [-0.4, -0.2) is 47.2 Å². The lowest BCUT2D eigenvalue weighted by atomic mass is 10.2. The smallest absolute Gasteiger partial charge is 0.248 e. The molecule has 0 atom stereocenters. The molecule has 0 radical (unpaired) electrons. The molecule has 2 heterocycles. The summed E-state index contributed by atoms with van der Waals surface area (Å²) in [5, 5.41) is 6.38. The molecule has 148 valence electrons. The third-order valence-corrected chi connectivity index (χ3v) is 4.37. The summed E-state index contributed by atoms with van der Waals surface area (Å²) in [6.45, 7) is 2.68. The average molecular weight is 391 g/mol. The maximum Gasteiger partial charge on any atom is 0.248 e. The minimum atomic E-state index is -0.472. The Hall–Kier alpha value is -3.72. The second-order valence-electron chi connectivity index (χ2n) is 6.44. The Labute approximate surface area is 167 Å². The number of morpholine rings is 1. The maximum atomic E-state index is 11.3. The molecule has 0 saturated carbocycles. The number of aromatic nitrogens is 3. The Morgan fingerprint density at radius 2 is 1.45 bits per heavy atom. The number of hydrogen-bond acceptors (Lipinski definition) is 8. The molecule has 1 amide bonds. The molecule has 1 saturated heterocycles. The minimum Gasteiger partial charge on any atom is -0.378 e. The summed E-state index contributed by atoms with van der Waals surface area (Å²) in [5.74, 6) is 0.925. The van der Waals surface area contributed by atoms with Gasteiger partial charge in [0.25, 0.3) is 0 Å². The van der Waals surface area contributed by atoms with Crippen LogP contribution in [0, 0.1) is 0 Å². The Balaban J connectivity index is 1.62. The van der Waals surface area contributed by atoms with E-state index in [2.05, 4.69) is 30.5 Å². The van der Waals surface area contributed by atoms with Crippen LogP contribution in [-0.2, 0) is 4.74 Å². The number of hydrogen-bond donors (Lipinski definition) is 3. The molecule has 0 spiro atoms. The van der Waals surface area contributed by atoms with Crippen molar-refractivity contribution in [3.8, 4) is 0 Å². The van der Waals surface area contributed by atoms with Gasteiger partial charge in [0.1, 0.15) is 0 Å². The summed E-state index contributed by atoms with van der Waals surface area (Å²) in [4.78, 5) is 26.9. The van der Waals surface area contributed by atoms with E-state index in [9.17, 15) is 4.79 Å². The van der Waals surface area contributed by atoms with Crippen molar-refractivity contribution in [2.75, 3.05) is 41.8 Å². The van der Waals surface area contributed by atoms with E-state index >= 15 is 0 Å². The van der Waals surface area contributed by atoms with Crippen LogP contribution in [0.1, 0.15) is 10.4 Å². The number of nitrogens with two attached hydrogens (primary N) is 1. The number of anilines is 5. The van der Waals surface area contributed by atoms with Gasteiger partial charge in [0.05, 0.1) is 13.2 Å². The van der Waals surface area contributed by atoms with Gasteiger partial charge in [0.2, 0.25) is 23.8 Å². The highest BCUT2D eigenvalue weighted by molar-refractivity contribution is 5.93. The van der Waals surface area contributed by atoms with Gasteiger partial charge in [-0.25, -0.2) is 0 Å². The zero-order valence-electron chi connectivity index (χ0n) is 15.7. The van der Waals surface area contributed by atoms with E-state index in [4.69, 9.17) is 10.5 Å². The third kappa shape index (κ3) is 4.77. The van der Waals surface area contributed by atoms with Crippen molar-refractivity contribution < 1.29 is 9.53 Å². The number of primary amides is 1. The second-order valence-corrected chi connectivity index (χ2v) is 6.44. The highest BCUT2D eigenvalue weighted by Crippen LogP contribution is 2.21. The molecule has 3 aromatic rings. The maximum absolute atomic E-state index is 11.3. The number of nitrogens with one attached hydrogen (secondary N) is 2. The standard InChI is InChI=1S/C20H21N7O2/c21-17(28)14-6-8-16(9-7-14)23-19-24-18(22-15-4-2-1-3-5-15)25-20(26-19)27-10-12-29-13-11-27/h1-9H,10-13H2,(H2,21,28)(H2,22,23,24,25,26). The number of carbonyl (C=O) groups is 1. The number of nitrogens with zero attached hydrogens (tertiary/aromatic N) is 4. The summed E-state index contributed by atoms with van der Waals surface area (Å²) >= 11 is 0. The predicted octanol–water partition coefficient (Wildman–Crippen LogP) is 2.29. The van der Waals surface area contributed by atoms with E-state index in [1.807, 2.05) is 30.3 Å². The van der Waals surface area contributed by atoms with Gasteiger partial charge in [0, 0.05) is 30.0 Å². The fourth-order valence-corrected chi connectivity index (χ4v) is 2.88. The fraction of sp³-hybridized carbons (Fsp3) is 0.200. The molecule has 4 rings (SSSR count). The van der Waals surface area contributed by atoms with Crippen molar-refractivity contribution in [2.45, 2.75) is 0 Å². The monoisotopic (exact) mass is 391 g/mol. The summed E-state index contributed by atoms with van der Waals surface area (Å²) in [6.07, 6.45) is 0. The van der Waals surface area contributed by atoms with Crippen LogP contribution in [0.15, 0.2) is 54.6 Å². The topological polar surface area (TPSA) is 118 Å². The molecule has 0 unspecified atom stereocenters. The normalized spacial score (nSPS) is 13.7. The van der Waals surface area contributed by atoms with E-state index in [1.165, 1.54) is 0 Å². The second kappa shape index (κ2) is 8.53. The van der Waals surface area contributed by atoms with Crippen LogP contribution in [0.5, 0.6) is 0 Å². The summed E-state index contributed by atoms with van der Waals surface area (Å²) in [6, 6.07) is 16.5. The molecule has 0 bridgehead atoms. The fourth-order valence-electron chi connectivity index (χ4n) is 2.88. The number of benzene rings is 2. The van der Waals surface area contributed by atoms with Crippen LogP contribution in [0.25, 0.3) is 0 Å². The first-order valence-corrected chi connectivity index (χ1v) is 9.25. The SMILES string of the molecule is NC(=O)c1ccc(Nc2nc(Nc3ccccc3)nc(N3CCOCC3)n2)cc1. The van der Waals surface area contributed by atoms with Crippen LogP contribution >= 0.6 is 0 Å². The molecule has 1 fully saturated rings. The highest BCUT2D eigenvalue weighted by atomic mass is 16.5. The van der Waals surface area contributed by atoms with Crippen LogP contribution < -0.4 is 21.3 Å². The Kier molecular flexibility index (Phi) is 5.48. The molecule has 9 heteroatoms. The first kappa shape index (κ1) is 18.6.